The highest BCUT2D eigenvalue weighted by molar-refractivity contribution is 5.87. The molecule has 0 spiro atoms. The average Bonchev–Trinajstić information content (AvgIpc) is 2.04. The first-order chi connectivity index (χ1) is 5.61. The first-order valence-corrected chi connectivity index (χ1v) is 3.86. The van der Waals surface area contributed by atoms with Crippen molar-refractivity contribution in [3.63, 3.8) is 0 Å². The summed E-state index contributed by atoms with van der Waals surface area (Å²) in [6.45, 7) is 4.02. The number of carboxylic acids is 1. The van der Waals surface area contributed by atoms with E-state index >= 15 is 0 Å². The Labute approximate surface area is 71.8 Å². The molecule has 0 bridgehead atoms. The number of aromatic carboxylic acids is 1. The second-order valence-corrected chi connectivity index (χ2v) is 2.99. The Hall–Kier alpha value is -1.31. The second kappa shape index (κ2) is 3.39. The Kier molecular flexibility index (Phi) is 2.48. The van der Waals surface area contributed by atoms with E-state index in [2.05, 4.69) is 6.07 Å². The number of carboxylic acid groups (broad SMARTS) is 1. The summed E-state index contributed by atoms with van der Waals surface area (Å²) < 4.78 is 0. The van der Waals surface area contributed by atoms with Gasteiger partial charge in [-0.05, 0) is 29.7 Å². The Morgan fingerprint density at radius 3 is 2.75 bits per heavy atom. The Balaban J connectivity index is 3.04. The molecule has 0 saturated carbocycles. The van der Waals surface area contributed by atoms with Gasteiger partial charge in [0.1, 0.15) is 0 Å². The van der Waals surface area contributed by atoms with Crippen LogP contribution in [0.25, 0.3) is 0 Å². The molecule has 0 unspecified atom stereocenters. The minimum Gasteiger partial charge on any atom is -0.478 e. The van der Waals surface area contributed by atoms with Crippen LogP contribution in [0.2, 0.25) is 0 Å². The normalized spacial score (nSPS) is 10.2. The predicted octanol–water partition coefficient (Wildman–Crippen LogP) is 2.31. The van der Waals surface area contributed by atoms with Gasteiger partial charge in [-0.3, -0.25) is 0 Å². The van der Waals surface area contributed by atoms with Crippen molar-refractivity contribution >= 4 is 5.97 Å². The first-order valence-electron chi connectivity index (χ1n) is 3.86. The van der Waals surface area contributed by atoms with Crippen LogP contribution in [-0.2, 0) is 0 Å². The minimum atomic E-state index is -0.883. The maximum Gasteiger partial charge on any atom is 0.335 e. The number of hydrogen-bond donors (Lipinski definition) is 1. The average molecular weight is 163 g/mol. The van der Waals surface area contributed by atoms with Crippen LogP contribution < -0.4 is 0 Å². The van der Waals surface area contributed by atoms with E-state index in [1.165, 1.54) is 0 Å². The van der Waals surface area contributed by atoms with Crippen molar-refractivity contribution in [3.05, 3.63) is 35.4 Å². The van der Waals surface area contributed by atoms with Gasteiger partial charge in [-0.2, -0.15) is 0 Å². The topological polar surface area (TPSA) is 37.3 Å². The summed E-state index contributed by atoms with van der Waals surface area (Å²) in [6, 6.07) is 7.86. The van der Waals surface area contributed by atoms with Crippen molar-refractivity contribution in [1.29, 1.82) is 0 Å². The maximum atomic E-state index is 10.6. The summed E-state index contributed by atoms with van der Waals surface area (Å²) in [5.41, 5.74) is 1.27. The van der Waals surface area contributed by atoms with Gasteiger partial charge in [0.2, 0.25) is 0 Å². The van der Waals surface area contributed by atoms with Crippen LogP contribution in [-0.4, -0.2) is 11.1 Å². The highest BCUT2D eigenvalue weighted by atomic mass is 16.4. The van der Waals surface area contributed by atoms with Crippen LogP contribution in [0.4, 0.5) is 0 Å². The van der Waals surface area contributed by atoms with E-state index in [0.29, 0.717) is 11.5 Å². The van der Waals surface area contributed by atoms with Gasteiger partial charge in [-0.15, -0.1) is 0 Å². The molecule has 0 amide bonds. The van der Waals surface area contributed by atoms with Crippen molar-refractivity contribution in [1.82, 2.24) is 0 Å². The van der Waals surface area contributed by atoms with E-state index in [0.717, 1.165) is 5.56 Å². The van der Waals surface area contributed by atoms with Gasteiger partial charge in [0.05, 0.1) is 5.56 Å². The lowest BCUT2D eigenvalue weighted by molar-refractivity contribution is 0.0697. The van der Waals surface area contributed by atoms with Gasteiger partial charge in [0.25, 0.3) is 0 Å². The third-order valence-electron chi connectivity index (χ3n) is 1.69. The summed E-state index contributed by atoms with van der Waals surface area (Å²) in [5.74, 6) is -0.560. The molecule has 1 radical (unpaired) electrons. The molecule has 1 aromatic rings. The van der Waals surface area contributed by atoms with Gasteiger partial charge in [-0.25, -0.2) is 4.79 Å². The Bertz CT molecular complexity index is 290. The minimum absolute atomic E-state index is 0.323. The van der Waals surface area contributed by atoms with Crippen molar-refractivity contribution in [3.8, 4) is 0 Å². The molecule has 12 heavy (non-hydrogen) atoms. The SMILES string of the molecule is CC(C)c1[c]ccc(C(=O)O)c1. The molecular formula is C10H11O2. The standard InChI is InChI=1S/C10H11O2/c1-7(2)8-4-3-5-9(6-8)10(11)12/h3,5-7H,1-2H3,(H,11,12). The number of benzene rings is 1. The van der Waals surface area contributed by atoms with Crippen molar-refractivity contribution < 1.29 is 9.90 Å². The quantitative estimate of drug-likeness (QED) is 0.726. The van der Waals surface area contributed by atoms with Gasteiger partial charge in [-0.1, -0.05) is 19.9 Å². The van der Waals surface area contributed by atoms with Crippen LogP contribution >= 0.6 is 0 Å². The fourth-order valence-electron chi connectivity index (χ4n) is 0.951. The molecule has 1 rings (SSSR count). The van der Waals surface area contributed by atoms with E-state index < -0.39 is 5.97 Å². The third-order valence-corrected chi connectivity index (χ3v) is 1.69. The van der Waals surface area contributed by atoms with Crippen LogP contribution in [0.5, 0.6) is 0 Å². The fraction of sp³-hybridized carbons (Fsp3) is 0.300. The van der Waals surface area contributed by atoms with E-state index in [9.17, 15) is 4.79 Å². The molecule has 0 fully saturated rings. The fourth-order valence-corrected chi connectivity index (χ4v) is 0.951. The monoisotopic (exact) mass is 163 g/mol. The van der Waals surface area contributed by atoms with E-state index in [-0.39, 0.29) is 0 Å². The molecule has 1 aromatic carbocycles. The molecule has 0 saturated heterocycles. The van der Waals surface area contributed by atoms with E-state index in [4.69, 9.17) is 5.11 Å². The van der Waals surface area contributed by atoms with E-state index in [1.807, 2.05) is 13.8 Å². The van der Waals surface area contributed by atoms with Gasteiger partial charge >= 0.3 is 5.97 Å². The van der Waals surface area contributed by atoms with Crippen LogP contribution in [0, 0.1) is 6.07 Å². The second-order valence-electron chi connectivity index (χ2n) is 2.99. The largest absolute Gasteiger partial charge is 0.478 e. The molecule has 0 atom stereocenters. The van der Waals surface area contributed by atoms with Crippen molar-refractivity contribution in [2.45, 2.75) is 19.8 Å². The zero-order chi connectivity index (χ0) is 9.14. The lowest BCUT2D eigenvalue weighted by Crippen LogP contribution is -1.98. The lowest BCUT2D eigenvalue weighted by atomic mass is 10.0. The molecule has 63 valence electrons. The maximum absolute atomic E-state index is 10.6. The predicted molar refractivity (Wildman–Crippen MR) is 46.3 cm³/mol. The molecule has 1 N–H and O–H groups in total. The van der Waals surface area contributed by atoms with E-state index in [1.54, 1.807) is 18.2 Å². The summed E-state index contributed by atoms with van der Waals surface area (Å²) in [6.07, 6.45) is 0. The molecule has 0 heterocycles. The summed E-state index contributed by atoms with van der Waals surface area (Å²) >= 11 is 0. The zero-order valence-electron chi connectivity index (χ0n) is 7.16. The number of carbonyl (C=O) groups is 1. The zero-order valence-corrected chi connectivity index (χ0v) is 7.16. The van der Waals surface area contributed by atoms with Crippen molar-refractivity contribution in [2.75, 3.05) is 0 Å². The third kappa shape index (κ3) is 1.84. The molecule has 0 aromatic heterocycles. The highest BCUT2D eigenvalue weighted by Crippen LogP contribution is 2.14. The first kappa shape index (κ1) is 8.78. The van der Waals surface area contributed by atoms with Crippen LogP contribution in [0.1, 0.15) is 35.7 Å². The molecule has 2 heteroatoms. The Morgan fingerprint density at radius 2 is 2.25 bits per heavy atom. The smallest absolute Gasteiger partial charge is 0.335 e. The molecular weight excluding hydrogens is 152 g/mol. The number of hydrogen-bond acceptors (Lipinski definition) is 1. The van der Waals surface area contributed by atoms with Gasteiger partial charge in [0.15, 0.2) is 0 Å². The van der Waals surface area contributed by atoms with Crippen molar-refractivity contribution in [2.24, 2.45) is 0 Å². The highest BCUT2D eigenvalue weighted by Gasteiger charge is 2.04. The molecule has 2 nitrogen and oxygen atoms in total. The van der Waals surface area contributed by atoms with Crippen LogP contribution in [0.3, 0.4) is 0 Å². The Morgan fingerprint density at radius 1 is 1.58 bits per heavy atom. The molecule has 0 aliphatic rings. The summed E-state index contributed by atoms with van der Waals surface area (Å²) in [7, 11) is 0. The van der Waals surface area contributed by atoms with Gasteiger partial charge < -0.3 is 5.11 Å². The molecule has 0 aliphatic carbocycles. The summed E-state index contributed by atoms with van der Waals surface area (Å²) in [4.78, 5) is 10.6. The summed E-state index contributed by atoms with van der Waals surface area (Å²) in [5, 5.41) is 8.68. The lowest BCUT2D eigenvalue weighted by Gasteiger charge is -2.04. The number of rotatable bonds is 2. The molecule has 0 aliphatic heterocycles. The van der Waals surface area contributed by atoms with Gasteiger partial charge in [0, 0.05) is 0 Å². The van der Waals surface area contributed by atoms with Crippen LogP contribution in [0.15, 0.2) is 18.2 Å².